The van der Waals surface area contributed by atoms with Crippen molar-refractivity contribution >= 4 is 37.5 Å². The molecule has 106 valence electrons. The molecule has 0 saturated carbocycles. The number of anilines is 1. The maximum atomic E-state index is 5.46. The summed E-state index contributed by atoms with van der Waals surface area (Å²) in [6, 6.07) is 14.5. The number of para-hydroxylation sites is 1. The Balaban J connectivity index is 2.29. The van der Waals surface area contributed by atoms with E-state index in [-0.39, 0.29) is 6.04 Å². The average Bonchev–Trinajstić information content (AvgIpc) is 2.46. The summed E-state index contributed by atoms with van der Waals surface area (Å²) in [6.45, 7) is 2.16. The lowest BCUT2D eigenvalue weighted by Gasteiger charge is -2.21. The summed E-state index contributed by atoms with van der Waals surface area (Å²) in [7, 11) is 1.71. The first kappa shape index (κ1) is 15.4. The second kappa shape index (κ2) is 7.14. The summed E-state index contributed by atoms with van der Waals surface area (Å²) in [4.78, 5) is 0. The Morgan fingerprint density at radius 2 is 1.90 bits per heavy atom. The van der Waals surface area contributed by atoms with Crippen LogP contribution in [0.1, 0.15) is 24.9 Å². The van der Waals surface area contributed by atoms with Crippen LogP contribution < -0.4 is 10.1 Å². The molecule has 2 rings (SSSR count). The molecule has 0 fully saturated rings. The van der Waals surface area contributed by atoms with E-state index < -0.39 is 0 Å². The van der Waals surface area contributed by atoms with Gasteiger partial charge in [0, 0.05) is 20.2 Å². The summed E-state index contributed by atoms with van der Waals surface area (Å²) >= 11 is 7.06. The highest BCUT2D eigenvalue weighted by Crippen LogP contribution is 2.33. The van der Waals surface area contributed by atoms with E-state index in [1.807, 2.05) is 30.3 Å². The third-order valence-electron chi connectivity index (χ3n) is 3.18. The molecule has 0 aliphatic carbocycles. The molecule has 2 nitrogen and oxygen atoms in total. The lowest BCUT2D eigenvalue weighted by atomic mass is 10.0. The molecule has 0 spiro atoms. The molecule has 1 unspecified atom stereocenters. The van der Waals surface area contributed by atoms with Gasteiger partial charge in [-0.1, -0.05) is 41.1 Å². The molecule has 4 heteroatoms. The molecule has 0 radical (unpaired) electrons. The Bertz CT molecular complexity index is 586. The molecule has 0 heterocycles. The summed E-state index contributed by atoms with van der Waals surface area (Å²) in [6.07, 6.45) is 0.975. The standard InChI is InChI=1S/C16H17Br2NO/c1-3-14(12-6-4-5-7-16(12)20-2)19-15-9-8-11(17)10-13(15)18/h4-10,14,19H,3H2,1-2H3. The SMILES string of the molecule is CCC(Nc1ccc(Br)cc1Br)c1ccccc1OC. The van der Waals surface area contributed by atoms with E-state index in [1.54, 1.807) is 7.11 Å². The monoisotopic (exact) mass is 397 g/mol. The van der Waals surface area contributed by atoms with Gasteiger partial charge in [-0.3, -0.25) is 0 Å². The Morgan fingerprint density at radius 1 is 1.15 bits per heavy atom. The van der Waals surface area contributed by atoms with Crippen LogP contribution in [0, 0.1) is 0 Å². The van der Waals surface area contributed by atoms with Gasteiger partial charge < -0.3 is 10.1 Å². The second-order valence-corrected chi connectivity index (χ2v) is 6.24. The molecule has 2 aromatic rings. The Labute approximate surface area is 136 Å². The van der Waals surface area contributed by atoms with Gasteiger partial charge in [-0.2, -0.15) is 0 Å². The first-order valence-corrected chi connectivity index (χ1v) is 8.08. The maximum absolute atomic E-state index is 5.46. The molecule has 20 heavy (non-hydrogen) atoms. The molecular formula is C16H17Br2NO. The number of methoxy groups -OCH3 is 1. The smallest absolute Gasteiger partial charge is 0.124 e. The van der Waals surface area contributed by atoms with Crippen LogP contribution in [-0.2, 0) is 0 Å². The summed E-state index contributed by atoms with van der Waals surface area (Å²) < 4.78 is 7.55. The van der Waals surface area contributed by atoms with Crippen LogP contribution in [-0.4, -0.2) is 7.11 Å². The summed E-state index contributed by atoms with van der Waals surface area (Å²) in [5, 5.41) is 3.57. The van der Waals surface area contributed by atoms with E-state index in [0.717, 1.165) is 26.8 Å². The van der Waals surface area contributed by atoms with Gasteiger partial charge in [0.1, 0.15) is 5.75 Å². The highest BCUT2D eigenvalue weighted by Gasteiger charge is 2.14. The molecule has 0 bridgehead atoms. The normalized spacial score (nSPS) is 12.0. The lowest BCUT2D eigenvalue weighted by molar-refractivity contribution is 0.406. The van der Waals surface area contributed by atoms with E-state index in [0.29, 0.717) is 0 Å². The number of benzene rings is 2. The zero-order valence-corrected chi connectivity index (χ0v) is 14.7. The minimum absolute atomic E-state index is 0.212. The van der Waals surface area contributed by atoms with Crippen LogP contribution in [0.5, 0.6) is 5.75 Å². The number of halogens is 2. The highest BCUT2D eigenvalue weighted by molar-refractivity contribution is 9.11. The molecule has 1 atom stereocenters. The van der Waals surface area contributed by atoms with Crippen molar-refractivity contribution in [3.63, 3.8) is 0 Å². The van der Waals surface area contributed by atoms with E-state index >= 15 is 0 Å². The fourth-order valence-corrected chi connectivity index (χ4v) is 3.31. The Kier molecular flexibility index (Phi) is 5.49. The van der Waals surface area contributed by atoms with Gasteiger partial charge in [0.05, 0.1) is 13.2 Å². The quantitative estimate of drug-likeness (QED) is 0.688. The van der Waals surface area contributed by atoms with Gasteiger partial charge in [0.25, 0.3) is 0 Å². The predicted molar refractivity (Wildman–Crippen MR) is 91.5 cm³/mol. The van der Waals surface area contributed by atoms with Crippen LogP contribution in [0.3, 0.4) is 0 Å². The predicted octanol–water partition coefficient (Wildman–Crippen LogP) is 5.78. The van der Waals surface area contributed by atoms with Crippen molar-refractivity contribution in [1.29, 1.82) is 0 Å². The van der Waals surface area contributed by atoms with Gasteiger partial charge in [-0.25, -0.2) is 0 Å². The van der Waals surface area contributed by atoms with E-state index in [9.17, 15) is 0 Å². The third kappa shape index (κ3) is 3.55. The molecular weight excluding hydrogens is 382 g/mol. The first-order valence-electron chi connectivity index (χ1n) is 6.50. The van der Waals surface area contributed by atoms with Crippen molar-refractivity contribution in [2.45, 2.75) is 19.4 Å². The first-order chi connectivity index (χ1) is 9.65. The molecule has 0 aliphatic heterocycles. The van der Waals surface area contributed by atoms with Crippen LogP contribution in [0.4, 0.5) is 5.69 Å². The number of nitrogens with one attached hydrogen (secondary N) is 1. The van der Waals surface area contributed by atoms with Crippen molar-refractivity contribution in [3.8, 4) is 5.75 Å². The van der Waals surface area contributed by atoms with Crippen molar-refractivity contribution in [2.24, 2.45) is 0 Å². The highest BCUT2D eigenvalue weighted by atomic mass is 79.9. The fourth-order valence-electron chi connectivity index (χ4n) is 2.15. The van der Waals surface area contributed by atoms with Crippen LogP contribution in [0.25, 0.3) is 0 Å². The van der Waals surface area contributed by atoms with Crippen molar-refractivity contribution in [3.05, 3.63) is 57.0 Å². The van der Waals surface area contributed by atoms with Gasteiger partial charge in [0.15, 0.2) is 0 Å². The molecule has 0 saturated heterocycles. The zero-order chi connectivity index (χ0) is 14.5. The molecule has 0 aromatic heterocycles. The molecule has 2 aromatic carbocycles. The Morgan fingerprint density at radius 3 is 2.55 bits per heavy atom. The fraction of sp³-hybridized carbons (Fsp3) is 0.250. The number of hydrogen-bond acceptors (Lipinski definition) is 2. The molecule has 1 N–H and O–H groups in total. The average molecular weight is 399 g/mol. The van der Waals surface area contributed by atoms with E-state index in [2.05, 4.69) is 56.2 Å². The van der Waals surface area contributed by atoms with Gasteiger partial charge in [-0.05, 0) is 46.6 Å². The second-order valence-electron chi connectivity index (χ2n) is 4.47. The van der Waals surface area contributed by atoms with Crippen molar-refractivity contribution in [1.82, 2.24) is 0 Å². The lowest BCUT2D eigenvalue weighted by Crippen LogP contribution is -2.11. The number of ether oxygens (including phenoxy) is 1. The van der Waals surface area contributed by atoms with Gasteiger partial charge in [0.2, 0.25) is 0 Å². The van der Waals surface area contributed by atoms with Crippen molar-refractivity contribution < 1.29 is 4.74 Å². The largest absolute Gasteiger partial charge is 0.496 e. The van der Waals surface area contributed by atoms with E-state index in [1.165, 1.54) is 5.56 Å². The topological polar surface area (TPSA) is 21.3 Å². The van der Waals surface area contributed by atoms with Crippen LogP contribution >= 0.6 is 31.9 Å². The van der Waals surface area contributed by atoms with E-state index in [4.69, 9.17) is 4.74 Å². The minimum atomic E-state index is 0.212. The summed E-state index contributed by atoms with van der Waals surface area (Å²) in [5.74, 6) is 0.917. The van der Waals surface area contributed by atoms with Crippen LogP contribution in [0.2, 0.25) is 0 Å². The van der Waals surface area contributed by atoms with Crippen molar-refractivity contribution in [2.75, 3.05) is 12.4 Å². The summed E-state index contributed by atoms with van der Waals surface area (Å²) in [5.41, 5.74) is 2.25. The van der Waals surface area contributed by atoms with Gasteiger partial charge in [-0.15, -0.1) is 0 Å². The molecule has 0 amide bonds. The molecule has 0 aliphatic rings. The van der Waals surface area contributed by atoms with Gasteiger partial charge >= 0.3 is 0 Å². The minimum Gasteiger partial charge on any atom is -0.496 e. The zero-order valence-electron chi connectivity index (χ0n) is 11.5. The third-order valence-corrected chi connectivity index (χ3v) is 4.33. The Hall–Kier alpha value is -1.00. The van der Waals surface area contributed by atoms with Crippen LogP contribution in [0.15, 0.2) is 51.4 Å². The number of rotatable bonds is 5. The maximum Gasteiger partial charge on any atom is 0.124 e. The number of hydrogen-bond donors (Lipinski definition) is 1.